The van der Waals surface area contributed by atoms with Gasteiger partial charge in [-0.05, 0) is 44.2 Å². The lowest BCUT2D eigenvalue weighted by Crippen LogP contribution is -2.19. The normalized spacial score (nSPS) is 11.1. The second-order valence-electron chi connectivity index (χ2n) is 8.28. The average Bonchev–Trinajstić information content (AvgIpc) is 3.36. The summed E-state index contributed by atoms with van der Waals surface area (Å²) in [7, 11) is 1.27. The molecule has 1 atom stereocenters. The van der Waals surface area contributed by atoms with Gasteiger partial charge in [0.05, 0.1) is 7.11 Å². The first-order valence-electron chi connectivity index (χ1n) is 12.7. The molecule has 2 rings (SSSR count). The second-order valence-corrected chi connectivity index (χ2v) is 9.53. The Hall–Kier alpha value is -3.13. The number of ether oxygens (including phenoxy) is 1. The quantitative estimate of drug-likeness (QED) is 0.230. The third kappa shape index (κ3) is 12.6. The van der Waals surface area contributed by atoms with Crippen molar-refractivity contribution in [3.8, 4) is 5.75 Å². The first-order chi connectivity index (χ1) is 17.6. The number of thiophene rings is 1. The van der Waals surface area contributed by atoms with Crippen molar-refractivity contribution >= 4 is 23.2 Å². The number of hydrogen-bond acceptors (Lipinski definition) is 7. The third-order valence-corrected chi connectivity index (χ3v) is 6.43. The SMILES string of the molecule is C=CCCc1ccc(CC)s1.CC.COC(=O)N/C=C/CCC(C)c1cc(O)c(C(=O)C(C)C)c(=O)o1. The van der Waals surface area contributed by atoms with Crippen LogP contribution in [0.5, 0.6) is 5.75 Å². The molecule has 0 spiro atoms. The molecule has 2 heterocycles. The molecular weight excluding hydrogens is 490 g/mol. The minimum absolute atomic E-state index is 0.144. The lowest BCUT2D eigenvalue weighted by atomic mass is 9.99. The van der Waals surface area contributed by atoms with Gasteiger partial charge in [0.2, 0.25) is 0 Å². The highest BCUT2D eigenvalue weighted by molar-refractivity contribution is 7.11. The van der Waals surface area contributed by atoms with E-state index in [1.165, 1.54) is 35.6 Å². The van der Waals surface area contributed by atoms with Gasteiger partial charge in [0.25, 0.3) is 0 Å². The summed E-state index contributed by atoms with van der Waals surface area (Å²) in [5, 5.41) is 12.4. The Morgan fingerprint density at radius 3 is 2.35 bits per heavy atom. The number of Topliss-reactive ketones (excluding diaryl/α,β-unsaturated/α-hetero) is 1. The highest BCUT2D eigenvalue weighted by atomic mass is 32.1. The minimum atomic E-state index is -0.821. The van der Waals surface area contributed by atoms with Gasteiger partial charge >= 0.3 is 11.7 Å². The van der Waals surface area contributed by atoms with E-state index in [1.54, 1.807) is 19.9 Å². The van der Waals surface area contributed by atoms with Crippen LogP contribution in [0.15, 0.2) is 52.3 Å². The van der Waals surface area contributed by atoms with Crippen LogP contribution < -0.4 is 10.9 Å². The molecule has 1 amide bonds. The van der Waals surface area contributed by atoms with E-state index in [0.29, 0.717) is 18.6 Å². The molecule has 37 heavy (non-hydrogen) atoms. The van der Waals surface area contributed by atoms with Crippen molar-refractivity contribution in [1.29, 1.82) is 0 Å². The van der Waals surface area contributed by atoms with E-state index in [2.05, 4.69) is 35.7 Å². The van der Waals surface area contributed by atoms with Gasteiger partial charge in [-0.15, -0.1) is 17.9 Å². The van der Waals surface area contributed by atoms with E-state index in [4.69, 9.17) is 4.42 Å². The summed E-state index contributed by atoms with van der Waals surface area (Å²) in [5.74, 6) is -1.04. The Balaban J connectivity index is 0.000000827. The molecule has 2 N–H and O–H groups in total. The van der Waals surface area contributed by atoms with Crippen LogP contribution in [0.2, 0.25) is 0 Å². The lowest BCUT2D eigenvalue weighted by molar-refractivity contribution is 0.0931. The molecule has 0 radical (unpaired) electrons. The summed E-state index contributed by atoms with van der Waals surface area (Å²) >= 11 is 1.93. The number of rotatable bonds is 11. The fraction of sp³-hybridized carbons (Fsp3) is 0.483. The molecule has 2 aromatic rings. The molecule has 0 saturated heterocycles. The summed E-state index contributed by atoms with van der Waals surface area (Å²) in [5.41, 5.74) is -1.12. The number of aryl methyl sites for hydroxylation is 2. The van der Waals surface area contributed by atoms with Crippen molar-refractivity contribution in [1.82, 2.24) is 5.32 Å². The maximum Gasteiger partial charge on any atom is 0.410 e. The van der Waals surface area contributed by atoms with Gasteiger partial charge in [-0.3, -0.25) is 10.1 Å². The Bertz CT molecular complexity index is 1050. The number of amides is 1. The number of carbonyl (C=O) groups excluding carboxylic acids is 2. The third-order valence-electron chi connectivity index (χ3n) is 5.14. The van der Waals surface area contributed by atoms with Crippen LogP contribution in [-0.4, -0.2) is 24.1 Å². The van der Waals surface area contributed by atoms with Crippen LogP contribution in [0.4, 0.5) is 4.79 Å². The summed E-state index contributed by atoms with van der Waals surface area (Å²) in [4.78, 5) is 37.7. The van der Waals surface area contributed by atoms with E-state index >= 15 is 0 Å². The molecule has 0 saturated carbocycles. The van der Waals surface area contributed by atoms with Crippen LogP contribution in [0.1, 0.15) is 92.6 Å². The molecule has 206 valence electrons. The van der Waals surface area contributed by atoms with Gasteiger partial charge in [0.1, 0.15) is 17.1 Å². The highest BCUT2D eigenvalue weighted by Crippen LogP contribution is 2.25. The molecule has 0 aliphatic carbocycles. The predicted octanol–water partition coefficient (Wildman–Crippen LogP) is 7.39. The molecule has 8 heteroatoms. The van der Waals surface area contributed by atoms with Crippen molar-refractivity contribution in [2.24, 2.45) is 5.92 Å². The summed E-state index contributed by atoms with van der Waals surface area (Å²) < 4.78 is 9.60. The van der Waals surface area contributed by atoms with E-state index in [1.807, 2.05) is 38.2 Å². The fourth-order valence-corrected chi connectivity index (χ4v) is 3.98. The number of carbonyl (C=O) groups is 2. The van der Waals surface area contributed by atoms with E-state index in [-0.39, 0.29) is 17.2 Å². The maximum absolute atomic E-state index is 12.0. The molecule has 0 fully saturated rings. The molecule has 2 aromatic heterocycles. The van der Waals surface area contributed by atoms with Crippen molar-refractivity contribution in [3.63, 3.8) is 0 Å². The Kier molecular flexibility index (Phi) is 17.4. The number of nitrogens with one attached hydrogen (secondary N) is 1. The Morgan fingerprint density at radius 1 is 1.19 bits per heavy atom. The fourth-order valence-electron chi connectivity index (χ4n) is 3.01. The zero-order valence-corrected chi connectivity index (χ0v) is 24.1. The van der Waals surface area contributed by atoms with Gasteiger partial charge in [-0.1, -0.05) is 53.7 Å². The largest absolute Gasteiger partial charge is 0.507 e. The number of aromatic hydroxyl groups is 1. The van der Waals surface area contributed by atoms with E-state index in [9.17, 15) is 19.5 Å². The zero-order chi connectivity index (χ0) is 28.4. The van der Waals surface area contributed by atoms with E-state index in [0.717, 1.165) is 12.8 Å². The van der Waals surface area contributed by atoms with Gasteiger partial charge in [0, 0.05) is 33.9 Å². The molecule has 1 unspecified atom stereocenters. The standard InChI is InChI=1S/C17H23NO6.C10H14S.C2H6/c1-10(2)15(20)14-12(19)9-13(24-16(14)21)11(3)7-5-6-8-18-17(22)23-4;1-3-5-6-10-8-7-9(4-2)11-10;1-2/h6,8-11,19H,5,7H2,1-4H3,(H,18,22);3,7-8H,1,4-6H2,2H3;1-2H3/b8-6+;;. The van der Waals surface area contributed by atoms with Crippen molar-refractivity contribution < 1.29 is 23.8 Å². The zero-order valence-electron chi connectivity index (χ0n) is 23.3. The molecule has 7 nitrogen and oxygen atoms in total. The number of alkyl carbamates (subject to hydrolysis) is 1. The van der Waals surface area contributed by atoms with Gasteiger partial charge in [-0.2, -0.15) is 0 Å². The second kappa shape index (κ2) is 19.0. The molecule has 0 bridgehead atoms. The summed E-state index contributed by atoms with van der Waals surface area (Å²) in [6.07, 6.45) is 9.29. The number of allylic oxidation sites excluding steroid dienone is 2. The van der Waals surface area contributed by atoms with Crippen molar-refractivity contribution in [3.05, 3.63) is 74.6 Å². The van der Waals surface area contributed by atoms with Gasteiger partial charge in [0.15, 0.2) is 5.78 Å². The molecule has 0 aliphatic heterocycles. The van der Waals surface area contributed by atoms with Crippen LogP contribution in [0, 0.1) is 5.92 Å². The molecule has 0 aliphatic rings. The predicted molar refractivity (Wildman–Crippen MR) is 152 cm³/mol. The first-order valence-corrected chi connectivity index (χ1v) is 13.5. The molecule has 0 aromatic carbocycles. The Morgan fingerprint density at radius 2 is 1.84 bits per heavy atom. The van der Waals surface area contributed by atoms with Crippen LogP contribution in [-0.2, 0) is 17.6 Å². The summed E-state index contributed by atoms with van der Waals surface area (Å²) in [6.45, 7) is 15.0. The number of ketones is 1. The van der Waals surface area contributed by atoms with Gasteiger partial charge < -0.3 is 14.3 Å². The summed E-state index contributed by atoms with van der Waals surface area (Å²) in [6, 6.07) is 5.77. The van der Waals surface area contributed by atoms with Crippen molar-refractivity contribution in [2.75, 3.05) is 7.11 Å². The maximum atomic E-state index is 12.0. The Labute approximate surface area is 225 Å². The lowest BCUT2D eigenvalue weighted by Gasteiger charge is -2.11. The smallest absolute Gasteiger partial charge is 0.410 e. The topological polar surface area (TPSA) is 106 Å². The molecular formula is C29H43NO6S. The van der Waals surface area contributed by atoms with Crippen LogP contribution in [0.3, 0.4) is 0 Å². The van der Waals surface area contributed by atoms with Crippen LogP contribution >= 0.6 is 11.3 Å². The van der Waals surface area contributed by atoms with Crippen LogP contribution in [0.25, 0.3) is 0 Å². The van der Waals surface area contributed by atoms with Gasteiger partial charge in [-0.25, -0.2) is 9.59 Å². The number of methoxy groups -OCH3 is 1. The first kappa shape index (κ1) is 33.9. The monoisotopic (exact) mass is 533 g/mol. The van der Waals surface area contributed by atoms with E-state index < -0.39 is 23.4 Å². The number of hydrogen-bond donors (Lipinski definition) is 2. The minimum Gasteiger partial charge on any atom is -0.507 e. The highest BCUT2D eigenvalue weighted by Gasteiger charge is 2.22. The van der Waals surface area contributed by atoms with Crippen molar-refractivity contribution in [2.45, 2.75) is 79.6 Å². The average molecular weight is 534 g/mol.